The molecule has 0 bridgehead atoms. The summed E-state index contributed by atoms with van der Waals surface area (Å²) in [5.74, 6) is -0.678. The van der Waals surface area contributed by atoms with Crippen LogP contribution in [0.5, 0.6) is 0 Å². The molecule has 7 N–H and O–H groups in total. The molecule has 8 unspecified atom stereocenters. The number of aliphatic hydroxyl groups excluding tert-OH is 5. The van der Waals surface area contributed by atoms with E-state index >= 15 is 0 Å². The number of hydrogen-bond acceptors (Lipinski definition) is 11. The van der Waals surface area contributed by atoms with Crippen molar-refractivity contribution in [3.8, 4) is 0 Å². The molecule has 8 atom stereocenters. The maximum atomic E-state index is 12.9. The van der Waals surface area contributed by atoms with Crippen LogP contribution in [-0.2, 0) is 28.9 Å². The molecule has 0 spiro atoms. The first-order valence-electron chi connectivity index (χ1n) is 17.0. The Morgan fingerprint density at radius 3 is 1.78 bits per heavy atom. The standard InChI is InChI=1S/C31H61NO12S/c1-3-5-7-9-11-12-14-16-18-20-25(35)30(38)32-23(24(34)19-17-15-13-10-8-6-4-2)22-42-31-28(37)29(44-45(39,40)41)27(36)26(21-33)43-31/h23-29,31,33-37H,3-22H2,1-2H3,(H,32,38)(H,39,40,41). The number of unbranched alkanes of at least 4 members (excludes halogenated alkanes) is 14. The van der Waals surface area contributed by atoms with E-state index in [4.69, 9.17) is 14.0 Å². The lowest BCUT2D eigenvalue weighted by Crippen LogP contribution is -2.61. The van der Waals surface area contributed by atoms with Gasteiger partial charge in [0.25, 0.3) is 0 Å². The average molecular weight is 672 g/mol. The van der Waals surface area contributed by atoms with Crippen molar-refractivity contribution < 1.29 is 57.0 Å². The number of aliphatic hydroxyl groups is 5. The number of carbonyl (C=O) groups is 1. The van der Waals surface area contributed by atoms with Gasteiger partial charge in [0.2, 0.25) is 5.91 Å². The lowest BCUT2D eigenvalue weighted by atomic mass is 9.99. The fourth-order valence-corrected chi connectivity index (χ4v) is 5.97. The van der Waals surface area contributed by atoms with Crippen LogP contribution >= 0.6 is 0 Å². The highest BCUT2D eigenvalue weighted by Crippen LogP contribution is 2.26. The number of carbonyl (C=O) groups excluding carboxylic acids is 1. The normalized spacial score (nSPS) is 24.3. The molecule has 0 radical (unpaired) electrons. The Kier molecular flexibility index (Phi) is 22.7. The van der Waals surface area contributed by atoms with Crippen LogP contribution in [0, 0.1) is 0 Å². The van der Waals surface area contributed by atoms with Crippen LogP contribution in [0.4, 0.5) is 0 Å². The van der Waals surface area contributed by atoms with Crippen LogP contribution in [0.25, 0.3) is 0 Å². The summed E-state index contributed by atoms with van der Waals surface area (Å²) in [4.78, 5) is 12.9. The first-order valence-corrected chi connectivity index (χ1v) is 18.4. The van der Waals surface area contributed by atoms with E-state index in [9.17, 15) is 38.7 Å². The molecule has 0 saturated carbocycles. The summed E-state index contributed by atoms with van der Waals surface area (Å²) in [6.45, 7) is 3.13. The van der Waals surface area contributed by atoms with E-state index in [1.807, 2.05) is 0 Å². The molecule has 1 fully saturated rings. The van der Waals surface area contributed by atoms with Crippen molar-refractivity contribution in [2.24, 2.45) is 0 Å². The van der Waals surface area contributed by atoms with Crippen molar-refractivity contribution in [1.29, 1.82) is 0 Å². The van der Waals surface area contributed by atoms with Crippen molar-refractivity contribution in [3.63, 3.8) is 0 Å². The number of rotatable bonds is 27. The second-order valence-corrected chi connectivity index (χ2v) is 13.3. The van der Waals surface area contributed by atoms with Crippen LogP contribution in [0.2, 0.25) is 0 Å². The van der Waals surface area contributed by atoms with Gasteiger partial charge in [0, 0.05) is 0 Å². The molecule has 14 heteroatoms. The Balaban J connectivity index is 2.75. The Morgan fingerprint density at radius 1 is 0.800 bits per heavy atom. The van der Waals surface area contributed by atoms with Crippen molar-refractivity contribution >= 4 is 16.3 Å². The zero-order chi connectivity index (χ0) is 33.7. The third-order valence-corrected chi connectivity index (χ3v) is 8.74. The monoisotopic (exact) mass is 671 g/mol. The molecule has 1 heterocycles. The lowest BCUT2D eigenvalue weighted by molar-refractivity contribution is -0.298. The second-order valence-electron chi connectivity index (χ2n) is 12.3. The van der Waals surface area contributed by atoms with Crippen LogP contribution in [0.3, 0.4) is 0 Å². The summed E-state index contributed by atoms with van der Waals surface area (Å²) in [5, 5.41) is 54.5. The molecule has 1 aliphatic rings. The van der Waals surface area contributed by atoms with Gasteiger partial charge in [-0.3, -0.25) is 9.35 Å². The Bertz CT molecular complexity index is 864. The second kappa shape index (κ2) is 24.2. The van der Waals surface area contributed by atoms with Gasteiger partial charge in [-0.2, -0.15) is 8.42 Å². The minimum absolute atomic E-state index is 0.262. The highest BCUT2D eigenvalue weighted by atomic mass is 32.3. The van der Waals surface area contributed by atoms with Gasteiger partial charge in [-0.25, -0.2) is 4.18 Å². The predicted octanol–water partition coefficient (Wildman–Crippen LogP) is 2.90. The fourth-order valence-electron chi connectivity index (χ4n) is 5.46. The topological polar surface area (TPSA) is 212 Å². The average Bonchev–Trinajstić information content (AvgIpc) is 2.99. The summed E-state index contributed by atoms with van der Waals surface area (Å²) in [5.41, 5.74) is 0. The van der Waals surface area contributed by atoms with Gasteiger partial charge in [-0.15, -0.1) is 0 Å². The molecule has 1 saturated heterocycles. The summed E-state index contributed by atoms with van der Waals surface area (Å²) in [6.07, 6.45) is 6.50. The van der Waals surface area contributed by atoms with E-state index in [1.165, 1.54) is 38.5 Å². The molecule has 1 amide bonds. The Labute approximate surface area is 270 Å². The lowest BCUT2D eigenvalue weighted by Gasteiger charge is -2.41. The molecular formula is C31H61NO12S. The summed E-state index contributed by atoms with van der Waals surface area (Å²) in [6, 6.07) is -1.02. The fraction of sp³-hybridized carbons (Fsp3) is 0.968. The quantitative estimate of drug-likeness (QED) is 0.0496. The van der Waals surface area contributed by atoms with Crippen molar-refractivity contribution in [3.05, 3.63) is 0 Å². The molecule has 13 nitrogen and oxygen atoms in total. The van der Waals surface area contributed by atoms with Crippen LogP contribution in [0.15, 0.2) is 0 Å². The van der Waals surface area contributed by atoms with Gasteiger partial charge in [-0.1, -0.05) is 117 Å². The molecule has 268 valence electrons. The third kappa shape index (κ3) is 18.3. The maximum Gasteiger partial charge on any atom is 0.397 e. The number of hydrogen-bond donors (Lipinski definition) is 7. The molecule has 1 aliphatic heterocycles. The molecule has 0 aromatic carbocycles. The van der Waals surface area contributed by atoms with E-state index in [2.05, 4.69) is 23.3 Å². The zero-order valence-electron chi connectivity index (χ0n) is 27.3. The van der Waals surface area contributed by atoms with Crippen molar-refractivity contribution in [2.75, 3.05) is 13.2 Å². The minimum atomic E-state index is -5.09. The van der Waals surface area contributed by atoms with Gasteiger partial charge in [-0.05, 0) is 12.8 Å². The number of nitrogens with one attached hydrogen (secondary N) is 1. The van der Waals surface area contributed by atoms with E-state index in [-0.39, 0.29) is 6.42 Å². The van der Waals surface area contributed by atoms with Gasteiger partial charge >= 0.3 is 10.4 Å². The van der Waals surface area contributed by atoms with Gasteiger partial charge in [0.1, 0.15) is 30.5 Å². The van der Waals surface area contributed by atoms with Gasteiger partial charge in [0.05, 0.1) is 25.4 Å². The SMILES string of the molecule is CCCCCCCCCCCC(O)C(=O)NC(COC1OC(CO)C(O)C(OS(=O)(=O)O)C1O)C(O)CCCCCCCCC. The van der Waals surface area contributed by atoms with E-state index in [0.29, 0.717) is 19.3 Å². The van der Waals surface area contributed by atoms with Crippen LogP contribution in [-0.4, -0.2) is 107 Å². The zero-order valence-corrected chi connectivity index (χ0v) is 28.1. The van der Waals surface area contributed by atoms with E-state index in [1.54, 1.807) is 0 Å². The first-order chi connectivity index (χ1) is 21.4. The van der Waals surface area contributed by atoms with Crippen molar-refractivity contribution in [2.45, 2.75) is 178 Å². The number of amides is 1. The van der Waals surface area contributed by atoms with Gasteiger partial charge < -0.3 is 40.3 Å². The Hall–Kier alpha value is -0.940. The first kappa shape index (κ1) is 42.1. The molecule has 0 aromatic rings. The van der Waals surface area contributed by atoms with Crippen molar-refractivity contribution in [1.82, 2.24) is 5.32 Å². The highest BCUT2D eigenvalue weighted by Gasteiger charge is 2.48. The third-order valence-electron chi connectivity index (χ3n) is 8.27. The highest BCUT2D eigenvalue weighted by molar-refractivity contribution is 7.80. The summed E-state index contributed by atoms with van der Waals surface area (Å²) >= 11 is 0. The molecular weight excluding hydrogens is 610 g/mol. The van der Waals surface area contributed by atoms with Crippen LogP contribution < -0.4 is 5.32 Å². The maximum absolute atomic E-state index is 12.9. The molecule has 1 rings (SSSR count). The largest absolute Gasteiger partial charge is 0.397 e. The smallest absolute Gasteiger partial charge is 0.394 e. The van der Waals surface area contributed by atoms with E-state index in [0.717, 1.165) is 51.4 Å². The molecule has 0 aliphatic carbocycles. The van der Waals surface area contributed by atoms with Gasteiger partial charge in [0.15, 0.2) is 6.29 Å². The minimum Gasteiger partial charge on any atom is -0.394 e. The number of ether oxygens (including phenoxy) is 2. The summed E-state index contributed by atoms with van der Waals surface area (Å²) in [7, 11) is -5.09. The molecule has 0 aromatic heterocycles. The Morgan fingerprint density at radius 2 is 1.29 bits per heavy atom. The predicted molar refractivity (Wildman–Crippen MR) is 169 cm³/mol. The van der Waals surface area contributed by atoms with E-state index < -0.39 is 78.5 Å². The molecule has 45 heavy (non-hydrogen) atoms. The summed E-state index contributed by atoms with van der Waals surface area (Å²) < 4.78 is 47.0. The van der Waals surface area contributed by atoms with Crippen LogP contribution in [0.1, 0.15) is 129 Å².